The molecule has 11 aromatic rings. The second-order valence-electron chi connectivity index (χ2n) is 18.7. The maximum absolute atomic E-state index is 6.68. The maximum atomic E-state index is 6.68. The summed E-state index contributed by atoms with van der Waals surface area (Å²) in [5.74, 6) is 1.79. The van der Waals surface area contributed by atoms with Gasteiger partial charge >= 0.3 is 0 Å². The van der Waals surface area contributed by atoms with Crippen LogP contribution in [-0.4, -0.2) is 0 Å². The molecule has 0 saturated carbocycles. The van der Waals surface area contributed by atoms with Gasteiger partial charge in [-0.3, -0.25) is 0 Å². The van der Waals surface area contributed by atoms with Crippen molar-refractivity contribution < 1.29 is 4.74 Å². The third-order valence-electron chi connectivity index (χ3n) is 15.4. The van der Waals surface area contributed by atoms with Crippen LogP contribution in [0.15, 0.2) is 259 Å². The predicted octanol–water partition coefficient (Wildman–Crippen LogP) is 17.3. The van der Waals surface area contributed by atoms with Crippen LogP contribution in [0.4, 0.5) is 17.1 Å². The number of rotatable bonds is 4. The van der Waals surface area contributed by atoms with Gasteiger partial charge in [-0.15, -0.1) is 0 Å². The van der Waals surface area contributed by atoms with Gasteiger partial charge in [0, 0.05) is 38.0 Å². The van der Waals surface area contributed by atoms with Crippen LogP contribution in [0.5, 0.6) is 11.5 Å². The van der Waals surface area contributed by atoms with Gasteiger partial charge in [0.1, 0.15) is 11.5 Å². The molecule has 0 radical (unpaired) electrons. The van der Waals surface area contributed by atoms with Gasteiger partial charge in [0.15, 0.2) is 0 Å². The highest BCUT2D eigenvalue weighted by Gasteiger charge is 2.52. The van der Waals surface area contributed by atoms with Crippen molar-refractivity contribution in [1.82, 2.24) is 0 Å². The summed E-state index contributed by atoms with van der Waals surface area (Å²) in [6.45, 7) is 0. The Bertz CT molecular complexity index is 3850. The van der Waals surface area contributed by atoms with E-state index in [2.05, 4.69) is 254 Å². The van der Waals surface area contributed by atoms with Gasteiger partial charge in [-0.2, -0.15) is 0 Å². The van der Waals surface area contributed by atoms with Crippen molar-refractivity contribution in [2.24, 2.45) is 0 Å². The number of ether oxygens (including phenoxy) is 1. The van der Waals surface area contributed by atoms with E-state index in [-0.39, 0.29) is 0 Å². The Kier molecular flexibility index (Phi) is 8.17. The van der Waals surface area contributed by atoms with Gasteiger partial charge in [-0.1, -0.05) is 194 Å². The first-order valence-electron chi connectivity index (χ1n) is 23.8. The van der Waals surface area contributed by atoms with Crippen LogP contribution in [0, 0.1) is 0 Å². The summed E-state index contributed by atoms with van der Waals surface area (Å²) < 4.78 is 6.68. The summed E-state index contributed by atoms with van der Waals surface area (Å²) in [5, 5.41) is 2.40. The number of benzene rings is 11. The number of hydrogen-bond acceptors (Lipinski definition) is 3. The van der Waals surface area contributed by atoms with E-state index in [1.54, 1.807) is 0 Å². The zero-order valence-electron chi connectivity index (χ0n) is 37.4. The highest BCUT2D eigenvalue weighted by atomic mass is 32.2. The Morgan fingerprint density at radius 3 is 1.45 bits per heavy atom. The molecule has 2 heterocycles. The van der Waals surface area contributed by atoms with Crippen molar-refractivity contribution in [3.63, 3.8) is 0 Å². The van der Waals surface area contributed by atoms with Crippen molar-refractivity contribution in [3.8, 4) is 44.9 Å². The zero-order valence-corrected chi connectivity index (χ0v) is 38.3. The van der Waals surface area contributed by atoms with Crippen molar-refractivity contribution in [3.05, 3.63) is 293 Å². The standard InChI is InChI=1S/C66H41NOS/c1-2-16-42(17-3-1)43-30-31-45-39-46(33-32-44(45)38-43)67(47-35-37-55-52(40-47)50-19-5-7-21-54(50)65(55)56-22-8-12-26-61(56)68-62-27-13-9-23-57(62)65)48-34-36-51-49-18-4-6-20-53(49)66(60(51)41-48)58-24-10-14-28-63(58)69-64-29-15-11-25-59(64)66/h1-41H. The van der Waals surface area contributed by atoms with Crippen LogP contribution in [-0.2, 0) is 10.8 Å². The van der Waals surface area contributed by atoms with Crippen molar-refractivity contribution in [2.45, 2.75) is 20.6 Å². The van der Waals surface area contributed by atoms with E-state index < -0.39 is 10.8 Å². The van der Waals surface area contributed by atoms with Gasteiger partial charge in [-0.05, 0) is 144 Å². The third kappa shape index (κ3) is 5.28. The molecule has 2 spiro atoms. The molecule has 69 heavy (non-hydrogen) atoms. The molecule has 0 N–H and O–H groups in total. The molecule has 322 valence electrons. The van der Waals surface area contributed by atoms with Crippen molar-refractivity contribution >= 4 is 39.6 Å². The molecule has 3 heteroatoms. The molecule has 0 aromatic heterocycles. The molecule has 0 unspecified atom stereocenters. The lowest BCUT2D eigenvalue weighted by Crippen LogP contribution is -2.32. The summed E-state index contributed by atoms with van der Waals surface area (Å²) in [6, 6.07) is 92.4. The molecule has 11 aromatic carbocycles. The topological polar surface area (TPSA) is 12.5 Å². The largest absolute Gasteiger partial charge is 0.457 e. The van der Waals surface area contributed by atoms with E-state index in [0.29, 0.717) is 0 Å². The monoisotopic (exact) mass is 895 g/mol. The summed E-state index contributed by atoms with van der Waals surface area (Å²) in [6.07, 6.45) is 0. The molecule has 0 saturated heterocycles. The molecule has 0 atom stereocenters. The van der Waals surface area contributed by atoms with E-state index in [4.69, 9.17) is 4.74 Å². The summed E-state index contributed by atoms with van der Waals surface area (Å²) in [5.41, 5.74) is 19.9. The number of nitrogens with zero attached hydrogens (tertiary/aromatic N) is 1. The smallest absolute Gasteiger partial charge is 0.132 e. The van der Waals surface area contributed by atoms with Crippen LogP contribution in [0.2, 0.25) is 0 Å². The molecule has 2 aliphatic heterocycles. The number of hydrogen-bond donors (Lipinski definition) is 0. The zero-order chi connectivity index (χ0) is 45.3. The fourth-order valence-electron chi connectivity index (χ4n) is 12.6. The fraction of sp³-hybridized carbons (Fsp3) is 0.0303. The summed E-state index contributed by atoms with van der Waals surface area (Å²) >= 11 is 1.89. The molecule has 2 nitrogen and oxygen atoms in total. The Hall–Kier alpha value is -8.37. The first kappa shape index (κ1) is 38.7. The predicted molar refractivity (Wildman–Crippen MR) is 283 cm³/mol. The Morgan fingerprint density at radius 2 is 0.754 bits per heavy atom. The lowest BCUT2D eigenvalue weighted by atomic mass is 9.66. The minimum Gasteiger partial charge on any atom is -0.457 e. The number of fused-ring (bicyclic) bond motifs is 19. The highest BCUT2D eigenvalue weighted by molar-refractivity contribution is 7.99. The van der Waals surface area contributed by atoms with Gasteiger partial charge in [0.05, 0.1) is 10.8 Å². The first-order chi connectivity index (χ1) is 34.2. The maximum Gasteiger partial charge on any atom is 0.132 e. The molecule has 2 aliphatic carbocycles. The van der Waals surface area contributed by atoms with Gasteiger partial charge in [0.2, 0.25) is 0 Å². The summed E-state index contributed by atoms with van der Waals surface area (Å²) in [4.78, 5) is 5.09. The van der Waals surface area contributed by atoms with Gasteiger partial charge in [0.25, 0.3) is 0 Å². The molecular formula is C66H41NOS. The Morgan fingerprint density at radius 1 is 0.290 bits per heavy atom. The molecule has 0 amide bonds. The highest BCUT2D eigenvalue weighted by Crippen LogP contribution is 2.65. The molecule has 0 fully saturated rings. The summed E-state index contributed by atoms with van der Waals surface area (Å²) in [7, 11) is 0. The Balaban J connectivity index is 0.986. The SMILES string of the molecule is c1ccc(-c2ccc3cc(N(c4ccc5c(c4)-c4ccccc4C54c5ccccc5Oc5ccccc54)c4ccc5c(c4)C4(c6ccccc6Sc6ccccc64)c4ccccc4-5)ccc3c2)cc1. The van der Waals surface area contributed by atoms with Crippen LogP contribution in [0.3, 0.4) is 0 Å². The number of anilines is 3. The minimum absolute atomic E-state index is 0.504. The van der Waals surface area contributed by atoms with Crippen molar-refractivity contribution in [1.29, 1.82) is 0 Å². The van der Waals surface area contributed by atoms with Gasteiger partial charge < -0.3 is 9.64 Å². The quantitative estimate of drug-likeness (QED) is 0.175. The van der Waals surface area contributed by atoms with E-state index in [9.17, 15) is 0 Å². The average molecular weight is 896 g/mol. The second kappa shape index (κ2) is 14.6. The van der Waals surface area contributed by atoms with Crippen LogP contribution >= 0.6 is 11.8 Å². The lowest BCUT2D eigenvalue weighted by Gasteiger charge is -2.40. The van der Waals surface area contributed by atoms with E-state index in [1.165, 1.54) is 98.5 Å². The van der Waals surface area contributed by atoms with Crippen LogP contribution in [0.1, 0.15) is 44.5 Å². The Labute approximate surface area is 405 Å². The molecule has 0 bridgehead atoms. The van der Waals surface area contributed by atoms with Crippen LogP contribution < -0.4 is 9.64 Å². The van der Waals surface area contributed by atoms with E-state index >= 15 is 0 Å². The second-order valence-corrected chi connectivity index (χ2v) is 19.8. The molecule has 15 rings (SSSR count). The third-order valence-corrected chi connectivity index (χ3v) is 16.5. The van der Waals surface area contributed by atoms with Crippen molar-refractivity contribution in [2.75, 3.05) is 4.90 Å². The lowest BCUT2D eigenvalue weighted by molar-refractivity contribution is 0.436. The van der Waals surface area contributed by atoms with E-state index in [1.807, 2.05) is 11.8 Å². The number of para-hydroxylation sites is 2. The minimum atomic E-state index is -0.550. The molecule has 4 aliphatic rings. The van der Waals surface area contributed by atoms with E-state index in [0.717, 1.165) is 28.6 Å². The van der Waals surface area contributed by atoms with Gasteiger partial charge in [-0.25, -0.2) is 0 Å². The first-order valence-corrected chi connectivity index (χ1v) is 24.6. The average Bonchev–Trinajstić information content (AvgIpc) is 3.86. The molecular weight excluding hydrogens is 855 g/mol. The normalized spacial score (nSPS) is 14.4. The fourth-order valence-corrected chi connectivity index (χ4v) is 13.8. The van der Waals surface area contributed by atoms with Crippen LogP contribution in [0.25, 0.3) is 44.2 Å².